The summed E-state index contributed by atoms with van der Waals surface area (Å²) in [5.74, 6) is 1.14. The van der Waals surface area contributed by atoms with Gasteiger partial charge in [-0.3, -0.25) is 0 Å². The topological polar surface area (TPSA) is 21.3 Å². The van der Waals surface area contributed by atoms with E-state index in [2.05, 4.69) is 47.2 Å². The second-order valence-electron chi connectivity index (χ2n) is 5.57. The molecule has 0 atom stereocenters. The number of hydrogen-bond donors (Lipinski definition) is 1. The maximum atomic E-state index is 5.86. The van der Waals surface area contributed by atoms with Crippen molar-refractivity contribution in [1.82, 2.24) is 5.32 Å². The van der Waals surface area contributed by atoms with Gasteiger partial charge in [0.25, 0.3) is 0 Å². The van der Waals surface area contributed by atoms with Gasteiger partial charge in [-0.25, -0.2) is 0 Å². The first-order chi connectivity index (χ1) is 9.14. The van der Waals surface area contributed by atoms with Crippen LogP contribution < -0.4 is 10.1 Å². The first-order valence-corrected chi connectivity index (χ1v) is 8.02. The van der Waals surface area contributed by atoms with Gasteiger partial charge in [0.15, 0.2) is 0 Å². The average molecular weight is 326 g/mol. The molecule has 0 aliphatic carbocycles. The van der Waals surface area contributed by atoms with Gasteiger partial charge in [0.05, 0.1) is 6.61 Å². The van der Waals surface area contributed by atoms with Crippen molar-refractivity contribution in [3.05, 3.63) is 27.7 Å². The molecule has 0 saturated carbocycles. The van der Waals surface area contributed by atoms with E-state index in [0.29, 0.717) is 5.41 Å². The summed E-state index contributed by atoms with van der Waals surface area (Å²) in [6.07, 6.45) is 4.50. The molecule has 1 N–H and O–H groups in total. The zero-order valence-electron chi connectivity index (χ0n) is 12.2. The van der Waals surface area contributed by atoms with Crippen molar-refractivity contribution in [2.24, 2.45) is 5.41 Å². The third kappa shape index (κ3) is 3.14. The molecule has 1 aromatic carbocycles. The van der Waals surface area contributed by atoms with Crippen LogP contribution in [-0.2, 0) is 12.8 Å². The van der Waals surface area contributed by atoms with Crippen LogP contribution in [0.25, 0.3) is 0 Å². The molecular formula is C16H24BrNO. The summed E-state index contributed by atoms with van der Waals surface area (Å²) in [5, 5.41) is 3.36. The molecule has 0 spiro atoms. The number of fused-ring (bicyclic) bond motifs is 1. The Morgan fingerprint density at radius 3 is 2.68 bits per heavy atom. The minimum absolute atomic E-state index is 0.329. The van der Waals surface area contributed by atoms with Crippen molar-refractivity contribution in [3.8, 4) is 5.75 Å². The summed E-state index contributed by atoms with van der Waals surface area (Å²) in [5.41, 5.74) is 3.05. The van der Waals surface area contributed by atoms with E-state index >= 15 is 0 Å². The van der Waals surface area contributed by atoms with Crippen LogP contribution in [0.3, 0.4) is 0 Å². The van der Waals surface area contributed by atoms with Crippen LogP contribution in [0.2, 0.25) is 0 Å². The molecular weight excluding hydrogens is 302 g/mol. The van der Waals surface area contributed by atoms with E-state index in [4.69, 9.17) is 4.74 Å². The molecule has 1 aliphatic heterocycles. The lowest BCUT2D eigenvalue weighted by Gasteiger charge is -2.32. The smallest absolute Gasteiger partial charge is 0.125 e. The fourth-order valence-electron chi connectivity index (χ4n) is 3.07. The molecule has 0 aromatic heterocycles. The first-order valence-electron chi connectivity index (χ1n) is 7.23. The lowest BCUT2D eigenvalue weighted by atomic mass is 9.76. The van der Waals surface area contributed by atoms with Gasteiger partial charge in [0.2, 0.25) is 0 Å². The molecule has 0 fully saturated rings. The van der Waals surface area contributed by atoms with Gasteiger partial charge >= 0.3 is 0 Å². The first kappa shape index (κ1) is 14.9. The van der Waals surface area contributed by atoms with E-state index in [1.165, 1.54) is 28.4 Å². The lowest BCUT2D eigenvalue weighted by molar-refractivity contribution is 0.248. The van der Waals surface area contributed by atoms with E-state index in [-0.39, 0.29) is 0 Å². The zero-order chi connectivity index (χ0) is 13.9. The maximum Gasteiger partial charge on any atom is 0.125 e. The van der Waals surface area contributed by atoms with Gasteiger partial charge in [-0.1, -0.05) is 29.8 Å². The van der Waals surface area contributed by atoms with Gasteiger partial charge in [-0.05, 0) is 55.0 Å². The molecule has 0 radical (unpaired) electrons. The normalized spacial score (nSPS) is 14.3. The van der Waals surface area contributed by atoms with Crippen molar-refractivity contribution in [2.45, 2.75) is 39.5 Å². The Morgan fingerprint density at radius 1 is 1.32 bits per heavy atom. The van der Waals surface area contributed by atoms with Gasteiger partial charge in [0.1, 0.15) is 5.75 Å². The van der Waals surface area contributed by atoms with E-state index in [0.717, 1.165) is 31.7 Å². The van der Waals surface area contributed by atoms with E-state index in [1.54, 1.807) is 0 Å². The highest BCUT2D eigenvalue weighted by Crippen LogP contribution is 2.39. The van der Waals surface area contributed by atoms with E-state index in [9.17, 15) is 0 Å². The highest BCUT2D eigenvalue weighted by atomic mass is 79.9. The molecule has 0 saturated heterocycles. The molecule has 2 nitrogen and oxygen atoms in total. The Morgan fingerprint density at radius 2 is 2.05 bits per heavy atom. The van der Waals surface area contributed by atoms with E-state index in [1.807, 2.05) is 7.05 Å². The summed E-state index contributed by atoms with van der Waals surface area (Å²) in [7, 11) is 2.04. The number of rotatable bonds is 6. The Hall–Kier alpha value is -0.540. The standard InChI is InChI=1S/C16H24BrNO/c1-4-16(5-2,11-18-3)10-13-9-14(17)8-12-6-7-19-15(12)13/h8-9,18H,4-7,10-11H2,1-3H3. The maximum absolute atomic E-state index is 5.86. The second-order valence-corrected chi connectivity index (χ2v) is 6.48. The van der Waals surface area contributed by atoms with Crippen molar-refractivity contribution >= 4 is 15.9 Å². The third-order valence-electron chi connectivity index (χ3n) is 4.44. The van der Waals surface area contributed by atoms with Gasteiger partial charge in [0, 0.05) is 17.4 Å². The molecule has 1 aliphatic rings. The molecule has 2 rings (SSSR count). The van der Waals surface area contributed by atoms with Crippen molar-refractivity contribution < 1.29 is 4.74 Å². The van der Waals surface area contributed by atoms with E-state index < -0.39 is 0 Å². The van der Waals surface area contributed by atoms with Crippen molar-refractivity contribution in [3.63, 3.8) is 0 Å². The van der Waals surface area contributed by atoms with Gasteiger partial charge in [-0.15, -0.1) is 0 Å². The van der Waals surface area contributed by atoms with Crippen LogP contribution in [0.4, 0.5) is 0 Å². The zero-order valence-corrected chi connectivity index (χ0v) is 13.8. The summed E-state index contributed by atoms with van der Waals surface area (Å²) in [6, 6.07) is 4.43. The van der Waals surface area contributed by atoms with Crippen LogP contribution in [0.5, 0.6) is 5.75 Å². The molecule has 0 unspecified atom stereocenters. The SMILES string of the molecule is CCC(CC)(CNC)Cc1cc(Br)cc2c1OCC2. The van der Waals surface area contributed by atoms with Crippen molar-refractivity contribution in [1.29, 1.82) is 0 Å². The molecule has 1 heterocycles. The van der Waals surface area contributed by atoms with Crippen LogP contribution in [0.15, 0.2) is 16.6 Å². The summed E-state index contributed by atoms with van der Waals surface area (Å²) >= 11 is 3.63. The highest BCUT2D eigenvalue weighted by Gasteiger charge is 2.29. The highest BCUT2D eigenvalue weighted by molar-refractivity contribution is 9.10. The Bertz CT molecular complexity index is 441. The summed E-state index contributed by atoms with van der Waals surface area (Å²) in [4.78, 5) is 0. The van der Waals surface area contributed by atoms with Gasteiger partial charge in [-0.2, -0.15) is 0 Å². The quantitative estimate of drug-likeness (QED) is 0.855. The van der Waals surface area contributed by atoms with Crippen LogP contribution >= 0.6 is 15.9 Å². The third-order valence-corrected chi connectivity index (χ3v) is 4.90. The molecule has 3 heteroatoms. The number of halogens is 1. The molecule has 19 heavy (non-hydrogen) atoms. The summed E-state index contributed by atoms with van der Waals surface area (Å²) < 4.78 is 7.03. The van der Waals surface area contributed by atoms with Crippen LogP contribution in [0.1, 0.15) is 37.8 Å². The molecule has 0 bridgehead atoms. The Labute approximate surface area is 125 Å². The monoisotopic (exact) mass is 325 g/mol. The van der Waals surface area contributed by atoms with Crippen LogP contribution in [0, 0.1) is 5.41 Å². The molecule has 106 valence electrons. The number of benzene rings is 1. The molecule has 0 amide bonds. The largest absolute Gasteiger partial charge is 0.493 e. The van der Waals surface area contributed by atoms with Gasteiger partial charge < -0.3 is 10.1 Å². The lowest BCUT2D eigenvalue weighted by Crippen LogP contribution is -2.33. The number of hydrogen-bond acceptors (Lipinski definition) is 2. The summed E-state index contributed by atoms with van der Waals surface area (Å²) in [6.45, 7) is 6.47. The minimum Gasteiger partial charge on any atom is -0.493 e. The number of nitrogens with one attached hydrogen (secondary N) is 1. The average Bonchev–Trinajstić information content (AvgIpc) is 2.86. The minimum atomic E-state index is 0.329. The predicted molar refractivity (Wildman–Crippen MR) is 84.0 cm³/mol. The Balaban J connectivity index is 2.31. The molecule has 1 aromatic rings. The fourth-order valence-corrected chi connectivity index (χ4v) is 3.62. The van der Waals surface area contributed by atoms with Crippen LogP contribution in [-0.4, -0.2) is 20.2 Å². The fraction of sp³-hybridized carbons (Fsp3) is 0.625. The number of ether oxygens (including phenoxy) is 1. The second kappa shape index (κ2) is 6.27. The predicted octanol–water partition coefficient (Wildman–Crippen LogP) is 3.95. The Kier molecular flexibility index (Phi) is 4.91. The van der Waals surface area contributed by atoms with Crippen molar-refractivity contribution in [2.75, 3.05) is 20.2 Å².